The Bertz CT molecular complexity index is 261. The number of nitrogens with one attached hydrogen (secondary N) is 2. The molecule has 0 unspecified atom stereocenters. The topological polar surface area (TPSA) is 67.2 Å². The van der Waals surface area contributed by atoms with Crippen molar-refractivity contribution in [3.63, 3.8) is 0 Å². The molecule has 0 aromatic carbocycles. The Morgan fingerprint density at radius 3 is 2.20 bits per heavy atom. The minimum Gasteiger partial charge on any atom is -0.354 e. The van der Waals surface area contributed by atoms with E-state index in [0.717, 1.165) is 19.4 Å². The first-order valence-electron chi connectivity index (χ1n) is 8.40. The van der Waals surface area contributed by atoms with E-state index in [4.69, 9.17) is 5.73 Å². The Morgan fingerprint density at radius 1 is 1.10 bits per heavy atom. The third-order valence-corrected chi connectivity index (χ3v) is 4.92. The first kappa shape index (κ1) is 17.4. The Labute approximate surface area is 124 Å². The van der Waals surface area contributed by atoms with Gasteiger partial charge in [-0.3, -0.25) is 4.79 Å². The molecule has 1 aliphatic carbocycles. The highest BCUT2D eigenvalue weighted by Gasteiger charge is 2.32. The van der Waals surface area contributed by atoms with Crippen LogP contribution in [0.2, 0.25) is 0 Å². The van der Waals surface area contributed by atoms with Gasteiger partial charge in [0.1, 0.15) is 0 Å². The molecule has 0 aliphatic heterocycles. The molecule has 0 aromatic rings. The third-order valence-electron chi connectivity index (χ3n) is 4.92. The average molecular weight is 283 g/mol. The van der Waals surface area contributed by atoms with Crippen LogP contribution in [0.15, 0.2) is 0 Å². The van der Waals surface area contributed by atoms with Crippen LogP contribution in [0.5, 0.6) is 0 Å². The van der Waals surface area contributed by atoms with Gasteiger partial charge >= 0.3 is 0 Å². The van der Waals surface area contributed by atoms with E-state index in [1.807, 2.05) is 13.8 Å². The SMILES string of the molecule is CCC(CC)(CN)C(=O)NCCNC1CCCCCC1. The number of amides is 1. The first-order chi connectivity index (χ1) is 9.68. The summed E-state index contributed by atoms with van der Waals surface area (Å²) in [6, 6.07) is 0.644. The molecule has 1 amide bonds. The molecular formula is C16H33N3O. The maximum absolute atomic E-state index is 12.2. The second kappa shape index (κ2) is 9.35. The quantitative estimate of drug-likeness (QED) is 0.472. The van der Waals surface area contributed by atoms with Crippen molar-refractivity contribution in [3.8, 4) is 0 Å². The van der Waals surface area contributed by atoms with Crippen LogP contribution in [0.25, 0.3) is 0 Å². The molecule has 0 atom stereocenters. The Morgan fingerprint density at radius 2 is 1.70 bits per heavy atom. The normalized spacial score (nSPS) is 17.8. The van der Waals surface area contributed by atoms with Gasteiger partial charge in [-0.15, -0.1) is 0 Å². The minimum atomic E-state index is -0.373. The van der Waals surface area contributed by atoms with Gasteiger partial charge in [0.15, 0.2) is 0 Å². The van der Waals surface area contributed by atoms with E-state index in [1.165, 1.54) is 38.5 Å². The van der Waals surface area contributed by atoms with Crippen molar-refractivity contribution >= 4 is 5.91 Å². The highest BCUT2D eigenvalue weighted by atomic mass is 16.2. The van der Waals surface area contributed by atoms with Crippen LogP contribution in [0.3, 0.4) is 0 Å². The van der Waals surface area contributed by atoms with Gasteiger partial charge in [0.25, 0.3) is 0 Å². The fraction of sp³-hybridized carbons (Fsp3) is 0.938. The zero-order valence-electron chi connectivity index (χ0n) is 13.3. The summed E-state index contributed by atoms with van der Waals surface area (Å²) in [6.07, 6.45) is 9.61. The summed E-state index contributed by atoms with van der Waals surface area (Å²) in [5.41, 5.74) is 5.42. The Hall–Kier alpha value is -0.610. The largest absolute Gasteiger partial charge is 0.354 e. The molecule has 0 radical (unpaired) electrons. The van der Waals surface area contributed by atoms with Crippen molar-refractivity contribution in [1.82, 2.24) is 10.6 Å². The molecule has 0 bridgehead atoms. The van der Waals surface area contributed by atoms with Gasteiger partial charge in [0.2, 0.25) is 5.91 Å². The summed E-state index contributed by atoms with van der Waals surface area (Å²) in [7, 11) is 0. The smallest absolute Gasteiger partial charge is 0.227 e. The van der Waals surface area contributed by atoms with Crippen molar-refractivity contribution in [2.24, 2.45) is 11.1 Å². The van der Waals surface area contributed by atoms with Crippen LogP contribution in [0.4, 0.5) is 0 Å². The molecule has 1 saturated carbocycles. The summed E-state index contributed by atoms with van der Waals surface area (Å²) in [5.74, 6) is 0.118. The molecule has 4 N–H and O–H groups in total. The lowest BCUT2D eigenvalue weighted by Gasteiger charge is -2.28. The standard InChI is InChI=1S/C16H33N3O/c1-3-16(4-2,13-17)15(20)19-12-11-18-14-9-7-5-6-8-10-14/h14,18H,3-13,17H2,1-2H3,(H,19,20). The van der Waals surface area contributed by atoms with E-state index in [2.05, 4.69) is 10.6 Å². The monoisotopic (exact) mass is 283 g/mol. The van der Waals surface area contributed by atoms with Gasteiger partial charge in [-0.2, -0.15) is 0 Å². The molecule has 4 heteroatoms. The lowest BCUT2D eigenvalue weighted by Crippen LogP contribution is -2.47. The second-order valence-electron chi connectivity index (χ2n) is 6.09. The van der Waals surface area contributed by atoms with E-state index in [9.17, 15) is 4.79 Å². The van der Waals surface area contributed by atoms with Gasteiger partial charge in [-0.05, 0) is 25.7 Å². The molecule has 1 rings (SSSR count). The average Bonchev–Trinajstić information content (AvgIpc) is 2.75. The summed E-state index contributed by atoms with van der Waals surface area (Å²) in [6.45, 7) is 6.09. The number of carbonyl (C=O) groups is 1. The van der Waals surface area contributed by atoms with Crippen LogP contribution in [-0.2, 0) is 4.79 Å². The second-order valence-corrected chi connectivity index (χ2v) is 6.09. The van der Waals surface area contributed by atoms with Gasteiger partial charge in [-0.25, -0.2) is 0 Å². The van der Waals surface area contributed by atoms with Crippen LogP contribution >= 0.6 is 0 Å². The van der Waals surface area contributed by atoms with Crippen molar-refractivity contribution < 1.29 is 4.79 Å². The maximum atomic E-state index is 12.2. The highest BCUT2D eigenvalue weighted by Crippen LogP contribution is 2.24. The van der Waals surface area contributed by atoms with Crippen molar-refractivity contribution in [3.05, 3.63) is 0 Å². The molecule has 0 heterocycles. The third kappa shape index (κ3) is 5.06. The van der Waals surface area contributed by atoms with Crippen molar-refractivity contribution in [1.29, 1.82) is 0 Å². The first-order valence-corrected chi connectivity index (χ1v) is 8.40. The molecule has 1 aliphatic rings. The van der Waals surface area contributed by atoms with E-state index < -0.39 is 0 Å². The number of hydrogen-bond acceptors (Lipinski definition) is 3. The summed E-state index contributed by atoms with van der Waals surface area (Å²) >= 11 is 0. The molecule has 0 saturated heterocycles. The fourth-order valence-corrected chi connectivity index (χ4v) is 3.08. The van der Waals surface area contributed by atoms with Crippen LogP contribution < -0.4 is 16.4 Å². The number of hydrogen-bond donors (Lipinski definition) is 3. The van der Waals surface area contributed by atoms with E-state index in [1.54, 1.807) is 0 Å². The van der Waals surface area contributed by atoms with Crippen LogP contribution in [0.1, 0.15) is 65.2 Å². The minimum absolute atomic E-state index is 0.118. The lowest BCUT2D eigenvalue weighted by molar-refractivity contribution is -0.131. The molecule has 118 valence electrons. The predicted molar refractivity (Wildman–Crippen MR) is 84.6 cm³/mol. The van der Waals surface area contributed by atoms with Gasteiger partial charge in [0, 0.05) is 25.7 Å². The van der Waals surface area contributed by atoms with Gasteiger partial charge < -0.3 is 16.4 Å². The Kier molecular flexibility index (Phi) is 8.15. The lowest BCUT2D eigenvalue weighted by atomic mass is 9.81. The molecule has 20 heavy (non-hydrogen) atoms. The Balaban J connectivity index is 2.24. The predicted octanol–water partition coefficient (Wildman–Crippen LogP) is 2.18. The molecule has 0 aromatic heterocycles. The van der Waals surface area contributed by atoms with E-state index in [0.29, 0.717) is 19.1 Å². The van der Waals surface area contributed by atoms with Crippen molar-refractivity contribution in [2.75, 3.05) is 19.6 Å². The zero-order chi connectivity index (χ0) is 14.8. The van der Waals surface area contributed by atoms with Gasteiger partial charge in [0.05, 0.1) is 5.41 Å². The highest BCUT2D eigenvalue weighted by molar-refractivity contribution is 5.82. The van der Waals surface area contributed by atoms with E-state index in [-0.39, 0.29) is 11.3 Å². The van der Waals surface area contributed by atoms with Crippen LogP contribution in [-0.4, -0.2) is 31.6 Å². The number of rotatable bonds is 8. The number of carbonyl (C=O) groups excluding carboxylic acids is 1. The fourth-order valence-electron chi connectivity index (χ4n) is 3.08. The summed E-state index contributed by atoms with van der Waals surface area (Å²) in [4.78, 5) is 12.2. The summed E-state index contributed by atoms with van der Waals surface area (Å²) in [5, 5.41) is 6.63. The molecular weight excluding hydrogens is 250 g/mol. The van der Waals surface area contributed by atoms with Crippen LogP contribution in [0, 0.1) is 5.41 Å². The summed E-state index contributed by atoms with van der Waals surface area (Å²) < 4.78 is 0. The van der Waals surface area contributed by atoms with Gasteiger partial charge in [-0.1, -0.05) is 39.5 Å². The number of nitrogens with two attached hydrogens (primary N) is 1. The molecule has 4 nitrogen and oxygen atoms in total. The molecule has 1 fully saturated rings. The van der Waals surface area contributed by atoms with Crippen molar-refractivity contribution in [2.45, 2.75) is 71.3 Å². The van der Waals surface area contributed by atoms with E-state index >= 15 is 0 Å². The molecule has 0 spiro atoms. The maximum Gasteiger partial charge on any atom is 0.227 e. The zero-order valence-corrected chi connectivity index (χ0v) is 13.3.